The fourth-order valence-corrected chi connectivity index (χ4v) is 3.49. The third-order valence-corrected chi connectivity index (χ3v) is 4.33. The molecule has 14 heavy (non-hydrogen) atoms. The van der Waals surface area contributed by atoms with Crippen LogP contribution in [0.4, 0.5) is 4.39 Å². The Bertz CT molecular complexity index is 308. The summed E-state index contributed by atoms with van der Waals surface area (Å²) in [5.41, 5.74) is -0.0568. The van der Waals surface area contributed by atoms with Gasteiger partial charge in [-0.1, -0.05) is 0 Å². The summed E-state index contributed by atoms with van der Waals surface area (Å²) in [4.78, 5) is 0. The van der Waals surface area contributed by atoms with Gasteiger partial charge >= 0.3 is 0 Å². The fourth-order valence-electron chi connectivity index (χ4n) is 1.77. The van der Waals surface area contributed by atoms with Crippen molar-refractivity contribution in [3.05, 3.63) is 18.2 Å². The second kappa shape index (κ2) is 4.14. The van der Waals surface area contributed by atoms with Crippen molar-refractivity contribution < 1.29 is 4.39 Å². The summed E-state index contributed by atoms with van der Waals surface area (Å²) < 4.78 is 14.6. The Morgan fingerprint density at radius 1 is 1.57 bits per heavy atom. The van der Waals surface area contributed by atoms with Crippen LogP contribution in [0, 0.1) is 5.82 Å². The van der Waals surface area contributed by atoms with Crippen LogP contribution in [0.1, 0.15) is 12.8 Å². The van der Waals surface area contributed by atoms with Crippen LogP contribution in [0.5, 0.6) is 0 Å². The van der Waals surface area contributed by atoms with Crippen LogP contribution in [0.15, 0.2) is 12.4 Å². The van der Waals surface area contributed by atoms with Crippen molar-refractivity contribution in [3.8, 4) is 0 Å². The van der Waals surface area contributed by atoms with Gasteiger partial charge in [-0.05, 0) is 24.3 Å². The lowest BCUT2D eigenvalue weighted by Gasteiger charge is -2.35. The fraction of sp³-hybridized carbons (Fsp3) is 0.667. The van der Waals surface area contributed by atoms with Crippen LogP contribution < -0.4 is 0 Å². The Labute approximate surface area is 92.7 Å². The quantitative estimate of drug-likeness (QED) is 0.788. The molecule has 0 aromatic carbocycles. The monoisotopic (exact) mass is 232 g/mol. The van der Waals surface area contributed by atoms with Gasteiger partial charge in [0.05, 0.1) is 17.9 Å². The molecule has 0 amide bonds. The minimum Gasteiger partial charge on any atom is -0.263 e. The van der Waals surface area contributed by atoms with E-state index in [1.807, 2.05) is 11.8 Å². The number of aromatic nitrogens is 2. The molecule has 1 aromatic heterocycles. The van der Waals surface area contributed by atoms with Crippen LogP contribution in [0.3, 0.4) is 0 Å². The SMILES string of the molecule is Fc1cnn(C2(CS)CCSCC2)c1. The molecule has 0 radical (unpaired) electrons. The predicted molar refractivity (Wildman–Crippen MR) is 60.6 cm³/mol. The molecule has 5 heteroatoms. The van der Waals surface area contributed by atoms with E-state index in [1.54, 1.807) is 4.68 Å². The highest BCUT2D eigenvalue weighted by Gasteiger charge is 2.33. The Hall–Kier alpha value is -0.160. The first-order valence-electron chi connectivity index (χ1n) is 4.66. The van der Waals surface area contributed by atoms with Crippen molar-refractivity contribution in [2.24, 2.45) is 0 Å². The minimum absolute atomic E-state index is 0.0568. The van der Waals surface area contributed by atoms with E-state index in [0.717, 1.165) is 30.1 Å². The second-order valence-corrected chi connectivity index (χ2v) is 5.14. The van der Waals surface area contributed by atoms with E-state index in [1.165, 1.54) is 12.4 Å². The molecule has 78 valence electrons. The highest BCUT2D eigenvalue weighted by Crippen LogP contribution is 2.34. The summed E-state index contributed by atoms with van der Waals surface area (Å²) >= 11 is 6.32. The summed E-state index contributed by atoms with van der Waals surface area (Å²) in [6.07, 6.45) is 4.81. The molecule has 1 saturated heterocycles. The summed E-state index contributed by atoms with van der Waals surface area (Å²) in [5, 5.41) is 4.07. The molecule has 1 aliphatic rings. The average Bonchev–Trinajstić information content (AvgIpc) is 2.66. The number of thioether (sulfide) groups is 1. The van der Waals surface area contributed by atoms with Gasteiger partial charge in [-0.3, -0.25) is 4.68 Å². The van der Waals surface area contributed by atoms with E-state index < -0.39 is 0 Å². The predicted octanol–water partition coefficient (Wildman–Crippen LogP) is 2.17. The summed E-state index contributed by atoms with van der Waals surface area (Å²) in [6.45, 7) is 0. The maximum absolute atomic E-state index is 12.9. The molecular formula is C9H13FN2S2. The number of rotatable bonds is 2. The molecule has 0 aliphatic carbocycles. The van der Waals surface area contributed by atoms with E-state index >= 15 is 0 Å². The Balaban J connectivity index is 2.26. The maximum Gasteiger partial charge on any atom is 0.161 e. The van der Waals surface area contributed by atoms with Gasteiger partial charge in [0.25, 0.3) is 0 Å². The molecule has 2 nitrogen and oxygen atoms in total. The van der Waals surface area contributed by atoms with E-state index in [9.17, 15) is 4.39 Å². The molecule has 0 atom stereocenters. The zero-order valence-electron chi connectivity index (χ0n) is 7.82. The lowest BCUT2D eigenvalue weighted by molar-refractivity contribution is 0.270. The lowest BCUT2D eigenvalue weighted by Crippen LogP contribution is -2.39. The van der Waals surface area contributed by atoms with Gasteiger partial charge < -0.3 is 0 Å². The first-order chi connectivity index (χ1) is 6.77. The van der Waals surface area contributed by atoms with Crippen LogP contribution in [0.25, 0.3) is 0 Å². The van der Waals surface area contributed by atoms with Crippen LogP contribution in [0.2, 0.25) is 0 Å². The number of hydrogen-bond acceptors (Lipinski definition) is 3. The lowest BCUT2D eigenvalue weighted by atomic mass is 9.95. The third-order valence-electron chi connectivity index (χ3n) is 2.75. The highest BCUT2D eigenvalue weighted by molar-refractivity contribution is 7.99. The highest BCUT2D eigenvalue weighted by atomic mass is 32.2. The van der Waals surface area contributed by atoms with Gasteiger partial charge in [0.2, 0.25) is 0 Å². The van der Waals surface area contributed by atoms with E-state index in [0.29, 0.717) is 0 Å². The molecule has 0 bridgehead atoms. The zero-order valence-corrected chi connectivity index (χ0v) is 9.53. The first kappa shape index (κ1) is 10.4. The summed E-state index contributed by atoms with van der Waals surface area (Å²) in [5.74, 6) is 2.70. The smallest absolute Gasteiger partial charge is 0.161 e. The number of halogens is 1. The van der Waals surface area contributed by atoms with Gasteiger partial charge in [-0.25, -0.2) is 4.39 Å². The van der Waals surface area contributed by atoms with Crippen molar-refractivity contribution >= 4 is 24.4 Å². The van der Waals surface area contributed by atoms with Crippen LogP contribution in [-0.4, -0.2) is 27.0 Å². The molecule has 1 aromatic rings. The van der Waals surface area contributed by atoms with E-state index in [2.05, 4.69) is 17.7 Å². The molecule has 2 rings (SSSR count). The normalized spacial score (nSPS) is 21.0. The van der Waals surface area contributed by atoms with Gasteiger partial charge in [-0.2, -0.15) is 29.5 Å². The van der Waals surface area contributed by atoms with Gasteiger partial charge in [-0.15, -0.1) is 0 Å². The Morgan fingerprint density at radius 3 is 2.79 bits per heavy atom. The summed E-state index contributed by atoms with van der Waals surface area (Å²) in [6, 6.07) is 0. The third kappa shape index (κ3) is 1.80. The molecule has 2 heterocycles. The van der Waals surface area contributed by atoms with Crippen LogP contribution >= 0.6 is 24.4 Å². The van der Waals surface area contributed by atoms with E-state index in [4.69, 9.17) is 0 Å². The van der Waals surface area contributed by atoms with Gasteiger partial charge in [0, 0.05) is 5.75 Å². The number of hydrogen-bond donors (Lipinski definition) is 1. The first-order valence-corrected chi connectivity index (χ1v) is 6.45. The molecule has 0 N–H and O–H groups in total. The Morgan fingerprint density at radius 2 is 2.29 bits per heavy atom. The van der Waals surface area contributed by atoms with Crippen molar-refractivity contribution in [2.75, 3.05) is 17.3 Å². The Kier molecular flexibility index (Phi) is 3.07. The number of thiol groups is 1. The average molecular weight is 232 g/mol. The largest absolute Gasteiger partial charge is 0.263 e. The maximum atomic E-state index is 12.9. The molecule has 0 unspecified atom stereocenters. The molecule has 0 spiro atoms. The summed E-state index contributed by atoms with van der Waals surface area (Å²) in [7, 11) is 0. The standard InChI is InChI=1S/C9H13FN2S2/c10-8-5-11-12(6-8)9(7-13)1-3-14-4-2-9/h5-6,13H,1-4,7H2. The van der Waals surface area contributed by atoms with Crippen molar-refractivity contribution in [1.82, 2.24) is 9.78 Å². The topological polar surface area (TPSA) is 17.8 Å². The van der Waals surface area contributed by atoms with Gasteiger partial charge in [0.15, 0.2) is 5.82 Å². The minimum atomic E-state index is -0.260. The van der Waals surface area contributed by atoms with Crippen LogP contribution in [-0.2, 0) is 5.54 Å². The zero-order chi connectivity index (χ0) is 10.0. The molecule has 1 aliphatic heterocycles. The van der Waals surface area contributed by atoms with Crippen molar-refractivity contribution in [2.45, 2.75) is 18.4 Å². The van der Waals surface area contributed by atoms with E-state index in [-0.39, 0.29) is 11.4 Å². The molecule has 1 fully saturated rings. The molecular weight excluding hydrogens is 219 g/mol. The second-order valence-electron chi connectivity index (χ2n) is 3.60. The number of nitrogens with zero attached hydrogens (tertiary/aromatic N) is 2. The van der Waals surface area contributed by atoms with Crippen molar-refractivity contribution in [3.63, 3.8) is 0 Å². The molecule has 0 saturated carbocycles. The van der Waals surface area contributed by atoms with Crippen molar-refractivity contribution in [1.29, 1.82) is 0 Å². The van der Waals surface area contributed by atoms with Gasteiger partial charge in [0.1, 0.15) is 0 Å².